The second-order valence-corrected chi connectivity index (χ2v) is 8.89. The fourth-order valence-electron chi connectivity index (χ4n) is 2.40. The molecule has 9 heteroatoms. The molecule has 0 spiro atoms. The Morgan fingerprint density at radius 1 is 1.07 bits per heavy atom. The molecule has 1 aromatic heterocycles. The third-order valence-electron chi connectivity index (χ3n) is 3.80. The molecule has 0 aliphatic carbocycles. The highest BCUT2D eigenvalue weighted by Crippen LogP contribution is 2.23. The Bertz CT molecular complexity index is 1060. The molecule has 2 aromatic carbocycles. The number of hydrogen-bond donors (Lipinski definition) is 2. The molecule has 0 fully saturated rings. The van der Waals surface area contributed by atoms with E-state index in [1.807, 2.05) is 0 Å². The largest absolute Gasteiger partial charge is 0.497 e. The van der Waals surface area contributed by atoms with Crippen LogP contribution in [0.4, 0.5) is 16.5 Å². The van der Waals surface area contributed by atoms with Gasteiger partial charge in [-0.15, -0.1) is 11.3 Å². The summed E-state index contributed by atoms with van der Waals surface area (Å²) < 4.78 is 28.1. The van der Waals surface area contributed by atoms with Gasteiger partial charge < -0.3 is 15.4 Å². The zero-order chi connectivity index (χ0) is 20.1. The highest BCUT2D eigenvalue weighted by atomic mass is 32.2. The van der Waals surface area contributed by atoms with Gasteiger partial charge in [0.1, 0.15) is 5.75 Å². The molecule has 1 amide bonds. The molecule has 0 unspecified atom stereocenters. The summed E-state index contributed by atoms with van der Waals surface area (Å²) in [5, 5.41) is 8.35. The first-order valence-electron chi connectivity index (χ1n) is 8.29. The van der Waals surface area contributed by atoms with Gasteiger partial charge in [-0.1, -0.05) is 0 Å². The van der Waals surface area contributed by atoms with Crippen molar-refractivity contribution in [2.75, 3.05) is 24.0 Å². The first kappa shape index (κ1) is 19.8. The topological polar surface area (TPSA) is 97.4 Å². The number of hydrogen-bond acceptors (Lipinski definition) is 7. The zero-order valence-electron chi connectivity index (χ0n) is 15.3. The van der Waals surface area contributed by atoms with Gasteiger partial charge in [0.25, 0.3) is 0 Å². The van der Waals surface area contributed by atoms with Crippen molar-refractivity contribution in [2.45, 2.75) is 11.3 Å². The maximum absolute atomic E-state index is 12.2. The quantitative estimate of drug-likeness (QED) is 0.611. The monoisotopic (exact) mass is 417 g/mol. The summed E-state index contributed by atoms with van der Waals surface area (Å²) in [6.45, 7) is 0. The highest BCUT2D eigenvalue weighted by Gasteiger charge is 2.10. The zero-order valence-corrected chi connectivity index (χ0v) is 16.9. The molecule has 0 atom stereocenters. The smallest absolute Gasteiger partial charge is 0.230 e. The number of nitrogens with one attached hydrogen (secondary N) is 2. The number of methoxy groups -OCH3 is 1. The fourth-order valence-corrected chi connectivity index (χ4v) is 3.76. The second kappa shape index (κ2) is 8.41. The van der Waals surface area contributed by atoms with Crippen molar-refractivity contribution < 1.29 is 17.9 Å². The first-order valence-corrected chi connectivity index (χ1v) is 11.1. The van der Waals surface area contributed by atoms with Crippen LogP contribution in [0.2, 0.25) is 0 Å². The van der Waals surface area contributed by atoms with Crippen molar-refractivity contribution in [3.8, 4) is 5.75 Å². The number of anilines is 3. The van der Waals surface area contributed by atoms with E-state index in [1.54, 1.807) is 48.9 Å². The maximum atomic E-state index is 12.2. The predicted octanol–water partition coefficient (Wildman–Crippen LogP) is 3.48. The summed E-state index contributed by atoms with van der Waals surface area (Å²) in [6, 6.07) is 13.5. The van der Waals surface area contributed by atoms with Gasteiger partial charge >= 0.3 is 0 Å². The van der Waals surface area contributed by atoms with Crippen LogP contribution in [0.3, 0.4) is 0 Å². The Hall–Kier alpha value is -2.91. The first-order chi connectivity index (χ1) is 13.3. The number of nitrogens with zero attached hydrogens (tertiary/aromatic N) is 1. The second-order valence-electron chi connectivity index (χ2n) is 6.02. The summed E-state index contributed by atoms with van der Waals surface area (Å²) >= 11 is 1.37. The number of ether oxygens (including phenoxy) is 1. The van der Waals surface area contributed by atoms with E-state index in [0.29, 0.717) is 16.5 Å². The van der Waals surface area contributed by atoms with Gasteiger partial charge in [-0.05, 0) is 48.5 Å². The van der Waals surface area contributed by atoms with E-state index in [2.05, 4.69) is 15.6 Å². The van der Waals surface area contributed by atoms with Crippen molar-refractivity contribution in [3.63, 3.8) is 0 Å². The van der Waals surface area contributed by atoms with Crippen molar-refractivity contribution >= 4 is 43.6 Å². The van der Waals surface area contributed by atoms with E-state index in [9.17, 15) is 13.2 Å². The van der Waals surface area contributed by atoms with E-state index in [-0.39, 0.29) is 17.2 Å². The summed E-state index contributed by atoms with van der Waals surface area (Å²) in [6.07, 6.45) is 1.32. The summed E-state index contributed by atoms with van der Waals surface area (Å²) in [7, 11) is -1.64. The molecule has 0 radical (unpaired) electrons. The van der Waals surface area contributed by atoms with E-state index >= 15 is 0 Å². The molecule has 0 aliphatic heterocycles. The number of amides is 1. The number of carbonyl (C=O) groups is 1. The molecule has 3 rings (SSSR count). The van der Waals surface area contributed by atoms with E-state index in [1.165, 1.54) is 29.7 Å². The number of rotatable bonds is 7. The van der Waals surface area contributed by atoms with Gasteiger partial charge in [-0.3, -0.25) is 4.79 Å². The minimum Gasteiger partial charge on any atom is -0.497 e. The molecule has 0 bridgehead atoms. The standard InChI is InChI=1S/C19H19N3O4S2/c1-26-16-7-3-13(4-8-16)20-18(23)11-15-12-27-19(22-15)21-14-5-9-17(10-6-14)28(2,24)25/h3-10,12H,11H2,1-2H3,(H,20,23)(H,21,22). The lowest BCUT2D eigenvalue weighted by Gasteiger charge is -2.05. The van der Waals surface area contributed by atoms with Crippen molar-refractivity contribution in [3.05, 3.63) is 59.6 Å². The van der Waals surface area contributed by atoms with Gasteiger partial charge in [0.05, 0.1) is 24.1 Å². The average molecular weight is 418 g/mol. The van der Waals surface area contributed by atoms with Crippen molar-refractivity contribution in [1.29, 1.82) is 0 Å². The molecule has 7 nitrogen and oxygen atoms in total. The van der Waals surface area contributed by atoms with Crippen LogP contribution in [-0.4, -0.2) is 32.7 Å². The lowest BCUT2D eigenvalue weighted by Crippen LogP contribution is -2.14. The molecule has 1 heterocycles. The third kappa shape index (κ3) is 5.30. The van der Waals surface area contributed by atoms with Crippen LogP contribution in [0.15, 0.2) is 58.8 Å². The molecule has 3 aromatic rings. The fraction of sp³-hybridized carbons (Fsp3) is 0.158. The Morgan fingerprint density at radius 2 is 1.71 bits per heavy atom. The van der Waals surface area contributed by atoms with Crippen LogP contribution in [0, 0.1) is 0 Å². The van der Waals surface area contributed by atoms with Crippen LogP contribution in [0.5, 0.6) is 5.75 Å². The summed E-state index contributed by atoms with van der Waals surface area (Å²) in [4.78, 5) is 16.8. The summed E-state index contributed by atoms with van der Waals surface area (Å²) in [5.41, 5.74) is 2.05. The Morgan fingerprint density at radius 3 is 2.32 bits per heavy atom. The third-order valence-corrected chi connectivity index (χ3v) is 5.74. The van der Waals surface area contributed by atoms with Gasteiger partial charge in [0.15, 0.2) is 15.0 Å². The minimum atomic E-state index is -3.22. The Balaban J connectivity index is 1.58. The number of aromatic nitrogens is 1. The SMILES string of the molecule is COc1ccc(NC(=O)Cc2csc(Nc3ccc(S(C)(=O)=O)cc3)n2)cc1. The lowest BCUT2D eigenvalue weighted by molar-refractivity contribution is -0.115. The van der Waals surface area contributed by atoms with Gasteiger partial charge in [-0.2, -0.15) is 0 Å². The Kier molecular flexibility index (Phi) is 5.96. The molecule has 146 valence electrons. The van der Waals surface area contributed by atoms with Crippen LogP contribution < -0.4 is 15.4 Å². The lowest BCUT2D eigenvalue weighted by atomic mass is 10.2. The maximum Gasteiger partial charge on any atom is 0.230 e. The van der Waals surface area contributed by atoms with Crippen LogP contribution in [-0.2, 0) is 21.1 Å². The van der Waals surface area contributed by atoms with E-state index in [4.69, 9.17) is 4.74 Å². The molecule has 0 saturated heterocycles. The molecule has 2 N–H and O–H groups in total. The molecule has 0 saturated carbocycles. The number of sulfone groups is 1. The van der Waals surface area contributed by atoms with Crippen LogP contribution >= 0.6 is 11.3 Å². The number of benzene rings is 2. The predicted molar refractivity (Wildman–Crippen MR) is 110 cm³/mol. The van der Waals surface area contributed by atoms with E-state index in [0.717, 1.165) is 11.4 Å². The normalized spacial score (nSPS) is 11.1. The van der Waals surface area contributed by atoms with Crippen LogP contribution in [0.1, 0.15) is 5.69 Å². The van der Waals surface area contributed by atoms with Crippen molar-refractivity contribution in [1.82, 2.24) is 4.98 Å². The average Bonchev–Trinajstić information content (AvgIpc) is 3.08. The van der Waals surface area contributed by atoms with Crippen molar-refractivity contribution in [2.24, 2.45) is 0 Å². The molecular weight excluding hydrogens is 398 g/mol. The highest BCUT2D eigenvalue weighted by molar-refractivity contribution is 7.90. The number of carbonyl (C=O) groups excluding carboxylic acids is 1. The Labute approximate surface area is 167 Å². The number of thiazole rings is 1. The summed E-state index contributed by atoms with van der Waals surface area (Å²) in [5.74, 6) is 0.553. The molecular formula is C19H19N3O4S2. The van der Waals surface area contributed by atoms with E-state index < -0.39 is 9.84 Å². The minimum absolute atomic E-state index is 0.150. The molecule has 28 heavy (non-hydrogen) atoms. The molecule has 0 aliphatic rings. The van der Waals surface area contributed by atoms with Gasteiger partial charge in [0.2, 0.25) is 5.91 Å². The van der Waals surface area contributed by atoms with Crippen LogP contribution in [0.25, 0.3) is 0 Å². The van der Waals surface area contributed by atoms with Gasteiger partial charge in [0, 0.05) is 23.0 Å². The van der Waals surface area contributed by atoms with Gasteiger partial charge in [-0.25, -0.2) is 13.4 Å².